The van der Waals surface area contributed by atoms with E-state index in [-0.39, 0.29) is 0 Å². The van der Waals surface area contributed by atoms with Crippen LogP contribution >= 0.6 is 0 Å². The summed E-state index contributed by atoms with van der Waals surface area (Å²) >= 11 is 0. The first kappa shape index (κ1) is 14.3. The van der Waals surface area contributed by atoms with E-state index < -0.39 is 0 Å². The minimum Gasteiger partial charge on any atom is -0.454 e. The van der Waals surface area contributed by atoms with E-state index in [4.69, 9.17) is 9.47 Å². The molecule has 0 atom stereocenters. The molecule has 120 valence electrons. The summed E-state index contributed by atoms with van der Waals surface area (Å²) < 4.78 is 10.9. The predicted molar refractivity (Wildman–Crippen MR) is 88.6 cm³/mol. The van der Waals surface area contributed by atoms with Crippen LogP contribution in [-0.4, -0.2) is 35.0 Å². The number of hydrogen-bond donors (Lipinski definition) is 1. The van der Waals surface area contributed by atoms with Crippen molar-refractivity contribution in [2.75, 3.05) is 19.9 Å². The fourth-order valence-electron chi connectivity index (χ4n) is 3.21. The van der Waals surface area contributed by atoms with Gasteiger partial charge in [-0.15, -0.1) is 0 Å². The van der Waals surface area contributed by atoms with Crippen molar-refractivity contribution in [1.82, 2.24) is 15.1 Å². The lowest BCUT2D eigenvalue weighted by Gasteiger charge is -2.27. The fourth-order valence-corrected chi connectivity index (χ4v) is 3.21. The Morgan fingerprint density at radius 1 is 1.35 bits per heavy atom. The Morgan fingerprint density at radius 2 is 2.22 bits per heavy atom. The van der Waals surface area contributed by atoms with Crippen molar-refractivity contribution >= 4 is 0 Å². The van der Waals surface area contributed by atoms with Crippen LogP contribution in [0.1, 0.15) is 25.1 Å². The van der Waals surface area contributed by atoms with Gasteiger partial charge >= 0.3 is 0 Å². The number of aromatic amines is 1. The largest absolute Gasteiger partial charge is 0.454 e. The van der Waals surface area contributed by atoms with Crippen molar-refractivity contribution in [2.45, 2.75) is 26.8 Å². The average molecular weight is 311 g/mol. The predicted octanol–water partition coefficient (Wildman–Crippen LogP) is 3.13. The highest BCUT2D eigenvalue weighted by molar-refractivity contribution is 5.68. The summed E-state index contributed by atoms with van der Waals surface area (Å²) in [5, 5.41) is 7.78. The van der Waals surface area contributed by atoms with E-state index in [1.54, 1.807) is 0 Å². The van der Waals surface area contributed by atoms with Gasteiger partial charge in [0.15, 0.2) is 11.5 Å². The van der Waals surface area contributed by atoms with Gasteiger partial charge in [0.05, 0.1) is 5.69 Å². The lowest BCUT2D eigenvalue weighted by molar-refractivity contribution is 0.174. The number of fused-ring (bicyclic) bond motifs is 2. The number of nitrogens with zero attached hydrogens (tertiary/aromatic N) is 2. The summed E-state index contributed by atoms with van der Waals surface area (Å²) in [5.74, 6) is 1.61. The monoisotopic (exact) mass is 311 g/mol. The van der Waals surface area contributed by atoms with Gasteiger partial charge in [-0.3, -0.25) is 10.00 Å². The number of allylic oxidation sites excluding steroid dienone is 1. The molecular formula is C18H21N3O2. The van der Waals surface area contributed by atoms with E-state index in [1.807, 2.05) is 12.1 Å². The normalized spacial score (nSPS) is 17.4. The smallest absolute Gasteiger partial charge is 0.231 e. The molecule has 4 rings (SSSR count). The van der Waals surface area contributed by atoms with Crippen molar-refractivity contribution in [3.05, 3.63) is 41.1 Å². The van der Waals surface area contributed by atoms with Gasteiger partial charge in [0.2, 0.25) is 6.79 Å². The Morgan fingerprint density at radius 3 is 3.09 bits per heavy atom. The number of H-pyrrole nitrogens is 1. The zero-order chi connectivity index (χ0) is 15.8. The molecule has 3 heterocycles. The molecule has 2 aromatic rings. The van der Waals surface area contributed by atoms with E-state index in [0.29, 0.717) is 6.79 Å². The van der Waals surface area contributed by atoms with Gasteiger partial charge in [-0.05, 0) is 32.0 Å². The molecule has 0 unspecified atom stereocenters. The zero-order valence-electron chi connectivity index (χ0n) is 13.6. The molecule has 2 aliphatic rings. The molecule has 0 fully saturated rings. The molecule has 0 amide bonds. The summed E-state index contributed by atoms with van der Waals surface area (Å²) in [6.07, 6.45) is 3.20. The molecule has 0 saturated heterocycles. The average Bonchev–Trinajstić information content (AvgIpc) is 3.20. The second-order valence-corrected chi connectivity index (χ2v) is 6.19. The molecule has 0 aliphatic carbocycles. The second-order valence-electron chi connectivity index (χ2n) is 6.19. The Kier molecular flexibility index (Phi) is 3.58. The van der Waals surface area contributed by atoms with E-state index >= 15 is 0 Å². The Bertz CT molecular complexity index is 764. The first-order valence-electron chi connectivity index (χ1n) is 8.05. The zero-order valence-corrected chi connectivity index (χ0v) is 13.6. The van der Waals surface area contributed by atoms with Crippen LogP contribution in [0.3, 0.4) is 0 Å². The summed E-state index contributed by atoms with van der Waals surface area (Å²) in [6, 6.07) is 6.04. The molecule has 0 radical (unpaired) electrons. The van der Waals surface area contributed by atoms with Crippen LogP contribution in [0, 0.1) is 0 Å². The van der Waals surface area contributed by atoms with Crippen LogP contribution in [0.25, 0.3) is 11.3 Å². The maximum Gasteiger partial charge on any atom is 0.231 e. The van der Waals surface area contributed by atoms with Crippen LogP contribution in [0.15, 0.2) is 29.8 Å². The van der Waals surface area contributed by atoms with Crippen molar-refractivity contribution in [3.8, 4) is 22.8 Å². The molecule has 1 aromatic carbocycles. The lowest BCUT2D eigenvalue weighted by atomic mass is 10.0. The molecule has 0 spiro atoms. The third kappa shape index (κ3) is 2.61. The standard InChI is InChI=1S/C18H21N3O2/c1-3-12(2)9-21-7-6-15-14(10-21)18(20-19-15)13-4-5-16-17(8-13)23-11-22-16/h3-5,8H,6-7,9-11H2,1-2H3,(H,19,20)/b12-3+. The number of hydrogen-bond acceptors (Lipinski definition) is 4. The minimum atomic E-state index is 0.299. The van der Waals surface area contributed by atoms with E-state index in [2.05, 4.69) is 41.1 Å². The van der Waals surface area contributed by atoms with E-state index in [1.165, 1.54) is 16.8 Å². The summed E-state index contributed by atoms with van der Waals surface area (Å²) in [4.78, 5) is 2.48. The van der Waals surface area contributed by atoms with Crippen molar-refractivity contribution < 1.29 is 9.47 Å². The maximum absolute atomic E-state index is 5.49. The third-order valence-corrected chi connectivity index (χ3v) is 4.62. The molecule has 1 aromatic heterocycles. The second kappa shape index (κ2) is 5.74. The van der Waals surface area contributed by atoms with Crippen LogP contribution in [0.5, 0.6) is 11.5 Å². The van der Waals surface area contributed by atoms with Gasteiger partial charge in [0.1, 0.15) is 0 Å². The fraction of sp³-hybridized carbons (Fsp3) is 0.389. The molecule has 2 aliphatic heterocycles. The molecule has 0 bridgehead atoms. The number of ether oxygens (including phenoxy) is 2. The molecule has 0 saturated carbocycles. The number of benzene rings is 1. The van der Waals surface area contributed by atoms with Gasteiger partial charge in [0, 0.05) is 42.9 Å². The third-order valence-electron chi connectivity index (χ3n) is 4.62. The van der Waals surface area contributed by atoms with Gasteiger partial charge in [-0.1, -0.05) is 11.6 Å². The van der Waals surface area contributed by atoms with Crippen LogP contribution < -0.4 is 9.47 Å². The SMILES string of the molecule is C/C=C(\C)CN1CCc2[nH]nc(-c3ccc4c(c3)OCO4)c2C1. The molecule has 1 N–H and O–H groups in total. The molecule has 5 nitrogen and oxygen atoms in total. The van der Waals surface area contributed by atoms with Crippen molar-refractivity contribution in [2.24, 2.45) is 0 Å². The van der Waals surface area contributed by atoms with Gasteiger partial charge < -0.3 is 9.47 Å². The molecular weight excluding hydrogens is 290 g/mol. The number of nitrogens with one attached hydrogen (secondary N) is 1. The number of aromatic nitrogens is 2. The highest BCUT2D eigenvalue weighted by Crippen LogP contribution is 2.37. The summed E-state index contributed by atoms with van der Waals surface area (Å²) in [6.45, 7) is 7.60. The minimum absolute atomic E-state index is 0.299. The van der Waals surface area contributed by atoms with Crippen molar-refractivity contribution in [3.63, 3.8) is 0 Å². The highest BCUT2D eigenvalue weighted by atomic mass is 16.7. The van der Waals surface area contributed by atoms with Crippen LogP contribution in [0.4, 0.5) is 0 Å². The van der Waals surface area contributed by atoms with Gasteiger partial charge in [-0.25, -0.2) is 0 Å². The first-order chi connectivity index (χ1) is 11.2. The summed E-state index contributed by atoms with van der Waals surface area (Å²) in [7, 11) is 0. The number of rotatable bonds is 3. The maximum atomic E-state index is 5.49. The van der Waals surface area contributed by atoms with E-state index in [0.717, 1.165) is 48.8 Å². The van der Waals surface area contributed by atoms with Gasteiger partial charge in [0.25, 0.3) is 0 Å². The Hall–Kier alpha value is -2.27. The highest BCUT2D eigenvalue weighted by Gasteiger charge is 2.24. The molecule has 5 heteroatoms. The van der Waals surface area contributed by atoms with E-state index in [9.17, 15) is 0 Å². The van der Waals surface area contributed by atoms with Gasteiger partial charge in [-0.2, -0.15) is 5.10 Å². The summed E-state index contributed by atoms with van der Waals surface area (Å²) in [5.41, 5.74) is 6.07. The topological polar surface area (TPSA) is 50.4 Å². The Balaban J connectivity index is 1.64. The van der Waals surface area contributed by atoms with Crippen LogP contribution in [-0.2, 0) is 13.0 Å². The quantitative estimate of drug-likeness (QED) is 0.885. The molecule has 23 heavy (non-hydrogen) atoms. The first-order valence-corrected chi connectivity index (χ1v) is 8.05. The Labute approximate surface area is 135 Å². The van der Waals surface area contributed by atoms with Crippen molar-refractivity contribution in [1.29, 1.82) is 0 Å². The lowest BCUT2D eigenvalue weighted by Crippen LogP contribution is -2.31. The van der Waals surface area contributed by atoms with Crippen LogP contribution in [0.2, 0.25) is 0 Å².